The fourth-order valence-corrected chi connectivity index (χ4v) is 4.40. The summed E-state index contributed by atoms with van der Waals surface area (Å²) in [6.45, 7) is 4.60. The first-order valence-corrected chi connectivity index (χ1v) is 14.2. The molecule has 0 aromatic heterocycles. The summed E-state index contributed by atoms with van der Waals surface area (Å²) >= 11 is 0. The zero-order valence-electron chi connectivity index (χ0n) is 21.0. The lowest BCUT2D eigenvalue weighted by atomic mass is 10.0. The smallest absolute Gasteiger partial charge is 0.0386 e. The highest BCUT2D eigenvalue weighted by Gasteiger charge is 1.96. The molecule has 0 nitrogen and oxygen atoms in total. The Balaban J connectivity index is 2.97. The summed E-state index contributed by atoms with van der Waals surface area (Å²) in [5.41, 5.74) is 0. The van der Waals surface area contributed by atoms with Crippen molar-refractivity contribution in [2.75, 3.05) is 0 Å². The van der Waals surface area contributed by atoms with E-state index >= 15 is 0 Å². The maximum atomic E-state index is 2.57. The molecule has 0 unspecified atom stereocenters. The van der Waals surface area contributed by atoms with Crippen molar-refractivity contribution in [2.45, 2.75) is 181 Å². The molecular formula is C29H59. The van der Waals surface area contributed by atoms with E-state index in [1.165, 1.54) is 167 Å². The lowest BCUT2D eigenvalue weighted by Gasteiger charge is -2.04. The van der Waals surface area contributed by atoms with Gasteiger partial charge in [-0.05, 0) is 6.42 Å². The van der Waals surface area contributed by atoms with E-state index < -0.39 is 0 Å². The minimum atomic E-state index is 1.37. The van der Waals surface area contributed by atoms with Crippen LogP contribution in [0.5, 0.6) is 0 Å². The van der Waals surface area contributed by atoms with Gasteiger partial charge in [-0.15, -0.1) is 0 Å². The second kappa shape index (κ2) is 28.0. The van der Waals surface area contributed by atoms with Crippen molar-refractivity contribution in [3.8, 4) is 0 Å². The van der Waals surface area contributed by atoms with Crippen molar-refractivity contribution in [1.82, 2.24) is 0 Å². The maximum Gasteiger partial charge on any atom is -0.0386 e. The van der Waals surface area contributed by atoms with Crippen molar-refractivity contribution < 1.29 is 0 Å². The van der Waals surface area contributed by atoms with Gasteiger partial charge in [0.1, 0.15) is 0 Å². The van der Waals surface area contributed by atoms with Crippen molar-refractivity contribution in [3.05, 3.63) is 6.42 Å². The summed E-state index contributed by atoms with van der Waals surface area (Å²) in [6, 6.07) is 0. The van der Waals surface area contributed by atoms with Crippen LogP contribution in [0.25, 0.3) is 0 Å². The van der Waals surface area contributed by atoms with Gasteiger partial charge in [0.15, 0.2) is 0 Å². The average Bonchev–Trinajstić information content (AvgIpc) is 2.74. The van der Waals surface area contributed by atoms with Gasteiger partial charge in [-0.3, -0.25) is 0 Å². The predicted molar refractivity (Wildman–Crippen MR) is 136 cm³/mol. The zero-order valence-corrected chi connectivity index (χ0v) is 21.0. The monoisotopic (exact) mass is 407 g/mol. The van der Waals surface area contributed by atoms with E-state index in [2.05, 4.69) is 20.3 Å². The highest BCUT2D eigenvalue weighted by atomic mass is 14.0. The summed E-state index contributed by atoms with van der Waals surface area (Å²) in [5.74, 6) is 0. The normalized spacial score (nSPS) is 11.4. The van der Waals surface area contributed by atoms with Crippen LogP contribution in [-0.4, -0.2) is 0 Å². The van der Waals surface area contributed by atoms with Crippen LogP contribution >= 0.6 is 0 Å². The fourth-order valence-electron chi connectivity index (χ4n) is 4.40. The second-order valence-corrected chi connectivity index (χ2v) is 9.64. The zero-order chi connectivity index (χ0) is 21.1. The average molecular weight is 408 g/mol. The third kappa shape index (κ3) is 28.0. The molecule has 0 spiro atoms. The Morgan fingerprint density at radius 2 is 0.483 bits per heavy atom. The Hall–Kier alpha value is 0. The molecule has 0 aliphatic heterocycles. The van der Waals surface area contributed by atoms with Gasteiger partial charge >= 0.3 is 0 Å². The van der Waals surface area contributed by atoms with Crippen molar-refractivity contribution in [1.29, 1.82) is 0 Å². The van der Waals surface area contributed by atoms with Gasteiger partial charge in [-0.2, -0.15) is 0 Å². The Morgan fingerprint density at radius 1 is 0.276 bits per heavy atom. The molecule has 0 rings (SSSR count). The van der Waals surface area contributed by atoms with E-state index in [9.17, 15) is 0 Å². The molecule has 175 valence electrons. The molecule has 0 aliphatic carbocycles. The van der Waals surface area contributed by atoms with Crippen molar-refractivity contribution in [2.24, 2.45) is 0 Å². The third-order valence-electron chi connectivity index (χ3n) is 6.52. The second-order valence-electron chi connectivity index (χ2n) is 9.64. The molecule has 0 saturated carbocycles. The Labute approximate surface area is 187 Å². The van der Waals surface area contributed by atoms with Crippen LogP contribution in [0.1, 0.15) is 181 Å². The lowest BCUT2D eigenvalue weighted by molar-refractivity contribution is 0.530. The van der Waals surface area contributed by atoms with Gasteiger partial charge in [-0.25, -0.2) is 0 Å². The van der Waals surface area contributed by atoms with Crippen molar-refractivity contribution in [3.63, 3.8) is 0 Å². The van der Waals surface area contributed by atoms with Crippen LogP contribution < -0.4 is 0 Å². The van der Waals surface area contributed by atoms with Crippen LogP contribution in [0.4, 0.5) is 0 Å². The molecule has 0 heterocycles. The van der Waals surface area contributed by atoms with Crippen LogP contribution in [0.2, 0.25) is 0 Å². The quantitative estimate of drug-likeness (QED) is 0.125. The fraction of sp³-hybridized carbons (Fsp3) is 0.966. The summed E-state index contributed by atoms with van der Waals surface area (Å²) in [4.78, 5) is 0. The standard InChI is InChI=1S/C29H59/c1-3-5-7-9-11-13-15-17-19-21-23-25-27-29-28-26-24-22-20-18-16-14-12-10-8-6-4-2/h23H,3-22,24-29H2,1-2H3. The molecule has 29 heavy (non-hydrogen) atoms. The molecule has 0 saturated heterocycles. The van der Waals surface area contributed by atoms with Gasteiger partial charge in [-0.1, -0.05) is 181 Å². The van der Waals surface area contributed by atoms with E-state index in [1.807, 2.05) is 0 Å². The van der Waals surface area contributed by atoms with E-state index in [4.69, 9.17) is 0 Å². The topological polar surface area (TPSA) is 0 Å². The molecule has 0 heteroatoms. The molecular weight excluding hydrogens is 348 g/mol. The number of unbranched alkanes of at least 4 members (excludes halogenated alkanes) is 26. The first-order valence-electron chi connectivity index (χ1n) is 14.2. The molecule has 0 amide bonds. The van der Waals surface area contributed by atoms with Gasteiger partial charge in [0.2, 0.25) is 0 Å². The maximum absolute atomic E-state index is 2.57. The number of rotatable bonds is 26. The highest BCUT2D eigenvalue weighted by molar-refractivity contribution is 4.64. The largest absolute Gasteiger partial charge is 0.0654 e. The molecule has 0 N–H and O–H groups in total. The van der Waals surface area contributed by atoms with Gasteiger partial charge in [0, 0.05) is 0 Å². The minimum absolute atomic E-state index is 1.37. The van der Waals surface area contributed by atoms with E-state index in [-0.39, 0.29) is 0 Å². The first kappa shape index (κ1) is 29.0. The van der Waals surface area contributed by atoms with Crippen LogP contribution in [-0.2, 0) is 0 Å². The van der Waals surface area contributed by atoms with Crippen LogP contribution in [0.3, 0.4) is 0 Å². The molecule has 0 fully saturated rings. The van der Waals surface area contributed by atoms with Crippen LogP contribution in [0.15, 0.2) is 0 Å². The van der Waals surface area contributed by atoms with E-state index in [1.54, 1.807) is 0 Å². The highest BCUT2D eigenvalue weighted by Crippen LogP contribution is 2.15. The van der Waals surface area contributed by atoms with Crippen LogP contribution in [0, 0.1) is 6.42 Å². The summed E-state index contributed by atoms with van der Waals surface area (Å²) < 4.78 is 0. The summed E-state index contributed by atoms with van der Waals surface area (Å²) in [5, 5.41) is 0. The molecule has 0 aromatic carbocycles. The van der Waals surface area contributed by atoms with Gasteiger partial charge in [0.25, 0.3) is 0 Å². The molecule has 0 aliphatic rings. The summed E-state index contributed by atoms with van der Waals surface area (Å²) in [7, 11) is 0. The van der Waals surface area contributed by atoms with Crippen molar-refractivity contribution >= 4 is 0 Å². The number of hydrogen-bond donors (Lipinski definition) is 0. The van der Waals surface area contributed by atoms with Gasteiger partial charge < -0.3 is 0 Å². The molecule has 0 bridgehead atoms. The Morgan fingerprint density at radius 3 is 0.724 bits per heavy atom. The van der Waals surface area contributed by atoms with Gasteiger partial charge in [0.05, 0.1) is 0 Å². The Kier molecular flexibility index (Phi) is 28.0. The predicted octanol–water partition coefficient (Wildman–Crippen LogP) is 11.4. The SMILES string of the molecule is CCCCCCCCCCC[CH]CCCCCCCCCCCCCCCCC. The lowest BCUT2D eigenvalue weighted by Crippen LogP contribution is -1.85. The minimum Gasteiger partial charge on any atom is -0.0654 e. The number of hydrogen-bond acceptors (Lipinski definition) is 0. The third-order valence-corrected chi connectivity index (χ3v) is 6.52. The van der Waals surface area contributed by atoms with E-state index in [0.29, 0.717) is 0 Å². The molecule has 1 radical (unpaired) electrons. The Bertz CT molecular complexity index is 231. The van der Waals surface area contributed by atoms with E-state index in [0.717, 1.165) is 0 Å². The molecule has 0 aromatic rings. The molecule has 0 atom stereocenters. The first-order chi connectivity index (χ1) is 14.4. The summed E-state index contributed by atoms with van der Waals surface area (Å²) in [6.07, 6.45) is 40.4.